The van der Waals surface area contributed by atoms with Gasteiger partial charge < -0.3 is 26.0 Å². The van der Waals surface area contributed by atoms with Crippen LogP contribution >= 0.6 is 0 Å². The fraction of sp³-hybridized carbons (Fsp3) is 0.154. The molecule has 3 atom stereocenters. The van der Waals surface area contributed by atoms with E-state index < -0.39 is 35.7 Å². The predicted molar refractivity (Wildman–Crippen MR) is 125 cm³/mol. The highest BCUT2D eigenvalue weighted by Gasteiger charge is 2.30. The Kier molecular flexibility index (Phi) is 6.56. The van der Waals surface area contributed by atoms with Crippen LogP contribution < -0.4 is 10.6 Å². The van der Waals surface area contributed by atoms with Gasteiger partial charge in [-0.1, -0.05) is 42.5 Å². The summed E-state index contributed by atoms with van der Waals surface area (Å²) in [4.78, 5) is 27.0. The maximum atomic E-state index is 13.8. The van der Waals surface area contributed by atoms with Crippen LogP contribution in [-0.4, -0.2) is 39.1 Å². The van der Waals surface area contributed by atoms with Crippen LogP contribution in [0.1, 0.15) is 39.3 Å². The average molecular weight is 462 g/mol. The summed E-state index contributed by atoms with van der Waals surface area (Å²) < 4.78 is 13.8. The van der Waals surface area contributed by atoms with Crippen LogP contribution in [0, 0.1) is 5.82 Å². The zero-order valence-electron chi connectivity index (χ0n) is 18.2. The van der Waals surface area contributed by atoms with Gasteiger partial charge >= 0.3 is 0 Å². The monoisotopic (exact) mass is 462 g/mol. The van der Waals surface area contributed by atoms with Crippen LogP contribution in [0.3, 0.4) is 0 Å². The van der Waals surface area contributed by atoms with Crippen LogP contribution in [0.15, 0.2) is 84.2 Å². The number of aliphatic hydroxyl groups excluding tert-OH is 3. The van der Waals surface area contributed by atoms with Gasteiger partial charge in [0.25, 0.3) is 0 Å². The number of rotatable bonds is 7. The lowest BCUT2D eigenvalue weighted by Crippen LogP contribution is -2.29. The minimum Gasteiger partial charge on any atom is -0.391 e. The maximum Gasteiger partial charge on any atom is 0.200 e. The second kappa shape index (κ2) is 9.56. The van der Waals surface area contributed by atoms with Gasteiger partial charge in [0, 0.05) is 11.1 Å². The van der Waals surface area contributed by atoms with Gasteiger partial charge in [0.05, 0.1) is 17.5 Å². The first-order valence-corrected chi connectivity index (χ1v) is 10.6. The third-order valence-corrected chi connectivity index (χ3v) is 5.55. The van der Waals surface area contributed by atoms with Crippen molar-refractivity contribution >= 4 is 22.9 Å². The molecule has 1 aliphatic rings. The summed E-state index contributed by atoms with van der Waals surface area (Å²) in [5.41, 5.74) is 1.34. The van der Waals surface area contributed by atoms with Crippen LogP contribution in [0.5, 0.6) is 0 Å². The molecule has 0 radical (unpaired) electrons. The summed E-state index contributed by atoms with van der Waals surface area (Å²) in [6, 6.07) is 18.0. The number of hydrogen-bond donors (Lipinski definition) is 5. The number of benzene rings is 3. The van der Waals surface area contributed by atoms with Gasteiger partial charge in [-0.05, 0) is 42.8 Å². The molecule has 3 unspecified atom stereocenters. The number of halogens is 1. The second-order valence-corrected chi connectivity index (χ2v) is 8.02. The van der Waals surface area contributed by atoms with E-state index in [0.717, 1.165) is 6.07 Å². The fourth-order valence-electron chi connectivity index (χ4n) is 3.70. The molecule has 0 aliphatic carbocycles. The Morgan fingerprint density at radius 2 is 1.35 bits per heavy atom. The van der Waals surface area contributed by atoms with Crippen molar-refractivity contribution in [3.63, 3.8) is 0 Å². The zero-order valence-corrected chi connectivity index (χ0v) is 18.2. The maximum absolute atomic E-state index is 13.8. The molecular formula is C26H23FN2O5. The Hall–Kier alpha value is -3.85. The molecule has 0 fully saturated rings. The number of allylic oxidation sites excluding steroid dienone is 1. The van der Waals surface area contributed by atoms with E-state index >= 15 is 0 Å². The van der Waals surface area contributed by atoms with Crippen molar-refractivity contribution in [2.24, 2.45) is 0 Å². The molecule has 0 saturated carbocycles. The number of carbonyl (C=O) groups excluding carboxylic acids is 2. The van der Waals surface area contributed by atoms with Crippen LogP contribution in [-0.2, 0) is 0 Å². The minimum atomic E-state index is -1.47. The molecule has 7 nitrogen and oxygen atoms in total. The molecule has 174 valence electrons. The number of Topliss-reactive ketones (excluding diaryl/α,β-unsaturated/α-hetero) is 2. The van der Waals surface area contributed by atoms with Crippen LogP contribution in [0.25, 0.3) is 0 Å². The first-order valence-electron chi connectivity index (χ1n) is 10.6. The number of carbonyl (C=O) groups is 2. The Balaban J connectivity index is 1.78. The molecule has 0 bridgehead atoms. The third kappa shape index (κ3) is 4.60. The van der Waals surface area contributed by atoms with E-state index in [4.69, 9.17) is 0 Å². The summed E-state index contributed by atoms with van der Waals surface area (Å²) in [5, 5.41) is 36.1. The standard InChI is InChI=1S/C26H23FN2O5/c1-14(30)22(31)25(34)16-7-4-6-15(12-16)23(32)21(24(33)17-8-5-9-18(27)13-17)26-28-19-10-2-3-11-20(19)29-26/h2-14,22,25,28-31,34H,1H3. The van der Waals surface area contributed by atoms with Gasteiger partial charge in [-0.2, -0.15) is 0 Å². The van der Waals surface area contributed by atoms with Crippen molar-refractivity contribution in [2.75, 3.05) is 10.6 Å². The summed E-state index contributed by atoms with van der Waals surface area (Å²) in [5.74, 6) is -1.83. The van der Waals surface area contributed by atoms with Crippen LogP contribution in [0.4, 0.5) is 15.8 Å². The minimum absolute atomic E-state index is 0.00359. The summed E-state index contributed by atoms with van der Waals surface area (Å²) in [7, 11) is 0. The predicted octanol–water partition coefficient (Wildman–Crippen LogP) is 3.42. The zero-order chi connectivity index (χ0) is 24.4. The topological polar surface area (TPSA) is 119 Å². The number of hydrogen-bond acceptors (Lipinski definition) is 7. The van der Waals surface area contributed by atoms with Crippen molar-refractivity contribution in [3.8, 4) is 0 Å². The molecular weight excluding hydrogens is 439 g/mol. The van der Waals surface area contributed by atoms with Gasteiger partial charge in [0.15, 0.2) is 0 Å². The fourth-order valence-corrected chi connectivity index (χ4v) is 3.70. The smallest absolute Gasteiger partial charge is 0.200 e. The number of ketones is 2. The van der Waals surface area contributed by atoms with E-state index in [2.05, 4.69) is 10.6 Å². The SMILES string of the molecule is CC(O)C(O)C(O)c1cccc(C(=O)C(C(=O)c2cccc(F)c2)=C2Nc3ccccc3N2)c1. The first kappa shape index (κ1) is 23.3. The number of nitrogens with one attached hydrogen (secondary N) is 2. The molecule has 3 aromatic carbocycles. The largest absolute Gasteiger partial charge is 0.391 e. The average Bonchev–Trinajstić information content (AvgIpc) is 3.26. The van der Waals surface area contributed by atoms with E-state index in [0.29, 0.717) is 11.4 Å². The molecule has 0 amide bonds. The number of aliphatic hydroxyl groups is 3. The highest BCUT2D eigenvalue weighted by Crippen LogP contribution is 2.33. The van der Waals surface area contributed by atoms with E-state index in [9.17, 15) is 29.3 Å². The van der Waals surface area contributed by atoms with E-state index in [1.165, 1.54) is 49.4 Å². The van der Waals surface area contributed by atoms with Gasteiger partial charge in [-0.15, -0.1) is 0 Å². The van der Waals surface area contributed by atoms with Gasteiger partial charge in [-0.3, -0.25) is 9.59 Å². The van der Waals surface area contributed by atoms with Crippen molar-refractivity contribution in [3.05, 3.63) is 107 Å². The van der Waals surface area contributed by atoms with E-state index in [1.54, 1.807) is 24.3 Å². The van der Waals surface area contributed by atoms with Crippen molar-refractivity contribution in [1.82, 2.24) is 0 Å². The molecule has 4 rings (SSSR count). The Bertz CT molecular complexity index is 1260. The summed E-state index contributed by atoms with van der Waals surface area (Å²) in [6.45, 7) is 1.33. The molecule has 0 spiro atoms. The summed E-state index contributed by atoms with van der Waals surface area (Å²) in [6.07, 6.45) is -4.12. The lowest BCUT2D eigenvalue weighted by Gasteiger charge is -2.21. The van der Waals surface area contributed by atoms with Crippen molar-refractivity contribution < 1.29 is 29.3 Å². The number of fused-ring (bicyclic) bond motifs is 1. The van der Waals surface area contributed by atoms with Crippen molar-refractivity contribution in [1.29, 1.82) is 0 Å². The lowest BCUT2D eigenvalue weighted by atomic mass is 9.92. The van der Waals surface area contributed by atoms with Gasteiger partial charge in [-0.25, -0.2) is 4.39 Å². The molecule has 1 heterocycles. The van der Waals surface area contributed by atoms with Gasteiger partial charge in [0.2, 0.25) is 11.6 Å². The lowest BCUT2D eigenvalue weighted by molar-refractivity contribution is -0.0531. The molecule has 8 heteroatoms. The molecule has 3 aromatic rings. The number of anilines is 2. The summed E-state index contributed by atoms with van der Waals surface area (Å²) >= 11 is 0. The third-order valence-electron chi connectivity index (χ3n) is 5.55. The molecule has 5 N–H and O–H groups in total. The highest BCUT2D eigenvalue weighted by atomic mass is 19.1. The normalized spacial score (nSPS) is 14.9. The van der Waals surface area contributed by atoms with Crippen molar-refractivity contribution in [2.45, 2.75) is 25.2 Å². The first-order chi connectivity index (χ1) is 16.3. The Morgan fingerprint density at radius 3 is 1.91 bits per heavy atom. The van der Waals surface area contributed by atoms with Gasteiger partial charge in [0.1, 0.15) is 29.4 Å². The highest BCUT2D eigenvalue weighted by molar-refractivity contribution is 6.32. The van der Waals surface area contributed by atoms with Crippen LogP contribution in [0.2, 0.25) is 0 Å². The number of para-hydroxylation sites is 2. The molecule has 1 aliphatic heterocycles. The molecule has 34 heavy (non-hydrogen) atoms. The molecule has 0 saturated heterocycles. The second-order valence-electron chi connectivity index (χ2n) is 8.02. The molecule has 0 aromatic heterocycles. The van der Waals surface area contributed by atoms with E-state index in [1.807, 2.05) is 0 Å². The Labute approximate surface area is 195 Å². The van der Waals surface area contributed by atoms with E-state index in [-0.39, 0.29) is 28.1 Å². The Morgan fingerprint density at radius 1 is 0.794 bits per heavy atom. The quantitative estimate of drug-likeness (QED) is 0.158.